The zero-order valence-corrected chi connectivity index (χ0v) is 13.7. The van der Waals surface area contributed by atoms with Gasteiger partial charge in [0, 0.05) is 34.2 Å². The van der Waals surface area contributed by atoms with Gasteiger partial charge in [-0.25, -0.2) is 4.39 Å². The molecule has 1 heterocycles. The summed E-state index contributed by atoms with van der Waals surface area (Å²) in [6, 6.07) is 8.22. The van der Waals surface area contributed by atoms with Crippen LogP contribution in [0.25, 0.3) is 0 Å². The Bertz CT molecular complexity index is 772. The summed E-state index contributed by atoms with van der Waals surface area (Å²) in [5.74, 6) is -0.826. The Balaban J connectivity index is 1.68. The molecule has 0 radical (unpaired) electrons. The minimum atomic E-state index is -0.517. The predicted molar refractivity (Wildman–Crippen MR) is 89.2 cm³/mol. The minimum Gasteiger partial charge on any atom is -0.326 e. The molecule has 1 fully saturated rings. The van der Waals surface area contributed by atoms with Crippen LogP contribution in [0.1, 0.15) is 29.0 Å². The first kappa shape index (κ1) is 15.7. The first-order valence-electron chi connectivity index (χ1n) is 7.38. The van der Waals surface area contributed by atoms with Crippen molar-refractivity contribution < 1.29 is 14.0 Å². The number of hydrogen-bond acceptors (Lipinski definition) is 3. The second-order valence-electron chi connectivity index (χ2n) is 5.76. The van der Waals surface area contributed by atoms with Crippen molar-refractivity contribution in [2.24, 2.45) is 5.92 Å². The van der Waals surface area contributed by atoms with Crippen molar-refractivity contribution in [3.63, 3.8) is 0 Å². The first-order chi connectivity index (χ1) is 10.9. The molecule has 6 heteroatoms. The number of anilines is 2. The summed E-state index contributed by atoms with van der Waals surface area (Å²) in [5.41, 5.74) is 0.546. The second-order valence-corrected chi connectivity index (χ2v) is 7.08. The average molecular weight is 332 g/mol. The van der Waals surface area contributed by atoms with E-state index in [1.54, 1.807) is 11.3 Å². The number of benzene rings is 1. The summed E-state index contributed by atoms with van der Waals surface area (Å²) < 4.78 is 13.8. The Kier molecular flexibility index (Phi) is 4.17. The van der Waals surface area contributed by atoms with Gasteiger partial charge in [0.25, 0.3) is 0 Å². The predicted octanol–water partition coefficient (Wildman–Crippen LogP) is 3.90. The normalized spacial score (nSPS) is 19.3. The fourth-order valence-corrected chi connectivity index (χ4v) is 3.64. The van der Waals surface area contributed by atoms with Gasteiger partial charge in [0.1, 0.15) is 5.82 Å². The van der Waals surface area contributed by atoms with E-state index < -0.39 is 5.82 Å². The van der Waals surface area contributed by atoms with Gasteiger partial charge in [-0.05, 0) is 43.7 Å². The Hall–Kier alpha value is -2.21. The van der Waals surface area contributed by atoms with Gasteiger partial charge in [0.05, 0.1) is 5.69 Å². The van der Waals surface area contributed by atoms with E-state index in [-0.39, 0.29) is 29.3 Å². The van der Waals surface area contributed by atoms with Gasteiger partial charge < -0.3 is 10.6 Å². The van der Waals surface area contributed by atoms with Crippen molar-refractivity contribution in [3.05, 3.63) is 45.9 Å². The standard InChI is InChI=1S/C17H17FN2O2S/c1-9-3-6-16(23-9)12-8-13(12)17(22)20-15-7-11(19-10(2)21)4-5-14(15)18/h3-7,12-13H,8H2,1-2H3,(H,19,21)(H,20,22)/t12-,13-/m0/s1. The highest BCUT2D eigenvalue weighted by Crippen LogP contribution is 2.50. The highest BCUT2D eigenvalue weighted by atomic mass is 32.1. The van der Waals surface area contributed by atoms with Crippen molar-refractivity contribution in [3.8, 4) is 0 Å². The van der Waals surface area contributed by atoms with E-state index in [0.717, 1.165) is 6.42 Å². The number of carbonyl (C=O) groups is 2. The molecule has 2 atom stereocenters. The largest absolute Gasteiger partial charge is 0.326 e. The summed E-state index contributed by atoms with van der Waals surface area (Å²) in [6.45, 7) is 3.41. The Morgan fingerprint density at radius 1 is 1.22 bits per heavy atom. The molecule has 2 N–H and O–H groups in total. The summed E-state index contributed by atoms with van der Waals surface area (Å²) in [6.07, 6.45) is 0.790. The Labute approximate surface area is 137 Å². The molecule has 120 valence electrons. The molecule has 23 heavy (non-hydrogen) atoms. The van der Waals surface area contributed by atoms with Gasteiger partial charge in [-0.3, -0.25) is 9.59 Å². The van der Waals surface area contributed by atoms with Gasteiger partial charge in [-0.1, -0.05) is 0 Å². The van der Waals surface area contributed by atoms with E-state index in [4.69, 9.17) is 0 Å². The number of carbonyl (C=O) groups excluding carboxylic acids is 2. The molecule has 1 aromatic heterocycles. The fraction of sp³-hybridized carbons (Fsp3) is 0.294. The van der Waals surface area contributed by atoms with Crippen LogP contribution in [0.2, 0.25) is 0 Å². The number of amides is 2. The third-order valence-electron chi connectivity index (χ3n) is 3.80. The molecule has 2 amide bonds. The highest BCUT2D eigenvalue weighted by molar-refractivity contribution is 7.12. The van der Waals surface area contributed by atoms with Gasteiger partial charge in [0.15, 0.2) is 0 Å². The van der Waals surface area contributed by atoms with E-state index in [0.29, 0.717) is 5.69 Å². The van der Waals surface area contributed by atoms with E-state index in [1.165, 1.54) is 34.9 Å². The summed E-state index contributed by atoms with van der Waals surface area (Å²) in [5, 5.41) is 5.20. The molecule has 1 aliphatic carbocycles. The fourth-order valence-electron chi connectivity index (χ4n) is 2.58. The van der Waals surface area contributed by atoms with Crippen LogP contribution in [-0.2, 0) is 9.59 Å². The lowest BCUT2D eigenvalue weighted by Gasteiger charge is -2.09. The molecule has 0 bridgehead atoms. The zero-order chi connectivity index (χ0) is 16.6. The molecule has 1 aliphatic rings. The molecule has 0 spiro atoms. The molecule has 1 aromatic carbocycles. The molecule has 3 rings (SSSR count). The summed E-state index contributed by atoms with van der Waals surface area (Å²) >= 11 is 1.70. The first-order valence-corrected chi connectivity index (χ1v) is 8.20. The topological polar surface area (TPSA) is 58.2 Å². The van der Waals surface area contributed by atoms with Gasteiger partial charge in [-0.2, -0.15) is 0 Å². The van der Waals surface area contributed by atoms with Gasteiger partial charge in [-0.15, -0.1) is 11.3 Å². The molecule has 0 saturated heterocycles. The highest BCUT2D eigenvalue weighted by Gasteiger charge is 2.44. The monoisotopic (exact) mass is 332 g/mol. The summed E-state index contributed by atoms with van der Waals surface area (Å²) in [7, 11) is 0. The lowest BCUT2D eigenvalue weighted by atomic mass is 10.2. The van der Waals surface area contributed by atoms with Crippen LogP contribution in [0.5, 0.6) is 0 Å². The quantitative estimate of drug-likeness (QED) is 0.892. The van der Waals surface area contributed by atoms with Gasteiger partial charge in [0.2, 0.25) is 11.8 Å². The molecular weight excluding hydrogens is 315 g/mol. The third-order valence-corrected chi connectivity index (χ3v) is 4.93. The maximum atomic E-state index is 13.8. The van der Waals surface area contributed by atoms with Crippen LogP contribution < -0.4 is 10.6 Å². The lowest BCUT2D eigenvalue weighted by molar-refractivity contribution is -0.117. The van der Waals surface area contributed by atoms with Crippen LogP contribution in [-0.4, -0.2) is 11.8 Å². The summed E-state index contributed by atoms with van der Waals surface area (Å²) in [4.78, 5) is 25.8. The number of hydrogen-bond donors (Lipinski definition) is 2. The molecule has 4 nitrogen and oxygen atoms in total. The van der Waals surface area contributed by atoms with Crippen molar-refractivity contribution >= 4 is 34.5 Å². The average Bonchev–Trinajstić information content (AvgIpc) is 3.17. The number of nitrogens with one attached hydrogen (secondary N) is 2. The van der Waals surface area contributed by atoms with Crippen molar-refractivity contribution in [2.75, 3.05) is 10.6 Å². The third kappa shape index (κ3) is 3.59. The number of aryl methyl sites for hydroxylation is 1. The second kappa shape index (κ2) is 6.12. The molecule has 0 aliphatic heterocycles. The molecule has 2 aromatic rings. The smallest absolute Gasteiger partial charge is 0.228 e. The number of halogens is 1. The van der Waals surface area contributed by atoms with Crippen molar-refractivity contribution in [2.45, 2.75) is 26.2 Å². The van der Waals surface area contributed by atoms with E-state index in [1.807, 2.05) is 13.0 Å². The van der Waals surface area contributed by atoms with Gasteiger partial charge >= 0.3 is 0 Å². The van der Waals surface area contributed by atoms with Crippen LogP contribution in [0, 0.1) is 18.7 Å². The van der Waals surface area contributed by atoms with E-state index in [2.05, 4.69) is 16.7 Å². The maximum absolute atomic E-state index is 13.8. The molecule has 0 unspecified atom stereocenters. The molecular formula is C17H17FN2O2S. The SMILES string of the molecule is CC(=O)Nc1ccc(F)c(NC(=O)[C@H]2C[C@@H]2c2ccc(C)s2)c1. The molecule has 1 saturated carbocycles. The van der Waals surface area contributed by atoms with Crippen LogP contribution in [0.15, 0.2) is 30.3 Å². The minimum absolute atomic E-state index is 0.0919. The zero-order valence-electron chi connectivity index (χ0n) is 12.9. The Morgan fingerprint density at radius 3 is 2.65 bits per heavy atom. The van der Waals surface area contributed by atoms with Crippen LogP contribution in [0.3, 0.4) is 0 Å². The maximum Gasteiger partial charge on any atom is 0.228 e. The van der Waals surface area contributed by atoms with E-state index >= 15 is 0 Å². The van der Waals surface area contributed by atoms with E-state index in [9.17, 15) is 14.0 Å². The number of thiophene rings is 1. The number of rotatable bonds is 4. The van der Waals surface area contributed by atoms with Crippen molar-refractivity contribution in [1.82, 2.24) is 0 Å². The van der Waals surface area contributed by atoms with Crippen LogP contribution in [0.4, 0.5) is 15.8 Å². The lowest BCUT2D eigenvalue weighted by Crippen LogP contribution is -2.16. The Morgan fingerprint density at radius 2 is 2.00 bits per heavy atom. The van der Waals surface area contributed by atoms with Crippen LogP contribution >= 0.6 is 11.3 Å². The van der Waals surface area contributed by atoms with Crippen molar-refractivity contribution in [1.29, 1.82) is 0 Å².